The Bertz CT molecular complexity index is 1030. The Hall–Kier alpha value is -2.28. The molecule has 2 heterocycles. The first-order chi connectivity index (χ1) is 12.4. The van der Waals surface area contributed by atoms with Crippen LogP contribution in [0.15, 0.2) is 33.8 Å². The van der Waals surface area contributed by atoms with Crippen LogP contribution in [-0.2, 0) is 6.42 Å². The molecule has 3 aromatic rings. The molecule has 0 radical (unpaired) electrons. The van der Waals surface area contributed by atoms with Crippen molar-refractivity contribution in [2.45, 2.75) is 13.3 Å². The lowest BCUT2D eigenvalue weighted by Gasteiger charge is -2.07. The second-order valence-electron chi connectivity index (χ2n) is 5.28. The van der Waals surface area contributed by atoms with Crippen LogP contribution in [0, 0.1) is 0 Å². The molecule has 26 heavy (non-hydrogen) atoms. The van der Waals surface area contributed by atoms with Gasteiger partial charge in [-0.3, -0.25) is 4.79 Å². The molecule has 3 N–H and O–H groups in total. The van der Waals surface area contributed by atoms with Gasteiger partial charge in [0.25, 0.3) is 5.91 Å². The minimum absolute atomic E-state index is 0.00540. The first-order valence-electron chi connectivity index (χ1n) is 7.57. The van der Waals surface area contributed by atoms with E-state index in [1.165, 1.54) is 6.21 Å². The van der Waals surface area contributed by atoms with Crippen LogP contribution >= 0.6 is 34.8 Å². The molecular formula is C17H13Cl3N4O2. The number of hydrazone groups is 1. The number of para-hydroxylation sites is 1. The highest BCUT2D eigenvalue weighted by molar-refractivity contribution is 6.46. The fourth-order valence-electron chi connectivity index (χ4n) is 2.41. The predicted molar refractivity (Wildman–Crippen MR) is 104 cm³/mol. The van der Waals surface area contributed by atoms with Crippen molar-refractivity contribution >= 4 is 63.6 Å². The second kappa shape index (κ2) is 7.53. The Morgan fingerprint density at radius 2 is 2.04 bits per heavy atom. The summed E-state index contributed by atoms with van der Waals surface area (Å²) >= 11 is 17.7. The molecule has 0 aliphatic heterocycles. The number of carbonyl (C=O) groups excluding carboxylic acids is 1. The van der Waals surface area contributed by atoms with Crippen molar-refractivity contribution in [1.29, 1.82) is 0 Å². The largest absolute Gasteiger partial charge is 0.460 e. The molecule has 6 nitrogen and oxygen atoms in total. The molecule has 3 rings (SSSR count). The zero-order chi connectivity index (χ0) is 18.8. The maximum Gasteiger partial charge on any atom is 0.291 e. The average Bonchev–Trinajstić information content (AvgIpc) is 3.00. The van der Waals surface area contributed by atoms with E-state index in [0.717, 1.165) is 22.3 Å². The van der Waals surface area contributed by atoms with Gasteiger partial charge in [-0.25, -0.2) is 10.4 Å². The number of hydrogen-bond donors (Lipinski definition) is 2. The first kappa shape index (κ1) is 18.5. The molecule has 0 bridgehead atoms. The lowest BCUT2D eigenvalue weighted by Crippen LogP contribution is -2.20. The molecule has 2 aromatic heterocycles. The smallest absolute Gasteiger partial charge is 0.291 e. The number of aromatic nitrogens is 1. The van der Waals surface area contributed by atoms with E-state index < -0.39 is 5.91 Å². The van der Waals surface area contributed by atoms with Gasteiger partial charge in [0.15, 0.2) is 10.8 Å². The SMILES string of the molecule is CCc1oc2ccccc2c1/C=N\NC(=O)c1nc(Cl)c(Cl)c(N)c1Cl. The fourth-order valence-corrected chi connectivity index (χ4v) is 3.00. The van der Waals surface area contributed by atoms with E-state index in [4.69, 9.17) is 45.0 Å². The molecule has 1 aromatic carbocycles. The molecule has 0 aliphatic rings. The van der Waals surface area contributed by atoms with Crippen LogP contribution in [0.1, 0.15) is 28.7 Å². The van der Waals surface area contributed by atoms with E-state index >= 15 is 0 Å². The number of carbonyl (C=O) groups is 1. The molecule has 9 heteroatoms. The highest BCUT2D eigenvalue weighted by atomic mass is 35.5. The zero-order valence-electron chi connectivity index (χ0n) is 13.5. The maximum absolute atomic E-state index is 12.3. The van der Waals surface area contributed by atoms with Crippen molar-refractivity contribution in [3.8, 4) is 0 Å². The molecule has 0 spiro atoms. The number of halogens is 3. The van der Waals surface area contributed by atoms with E-state index in [9.17, 15) is 4.79 Å². The van der Waals surface area contributed by atoms with E-state index in [-0.39, 0.29) is 26.6 Å². The van der Waals surface area contributed by atoms with Gasteiger partial charge < -0.3 is 10.2 Å². The number of fused-ring (bicyclic) bond motifs is 1. The van der Waals surface area contributed by atoms with Crippen LogP contribution in [-0.4, -0.2) is 17.1 Å². The summed E-state index contributed by atoms with van der Waals surface area (Å²) in [7, 11) is 0. The van der Waals surface area contributed by atoms with Crippen LogP contribution in [0.5, 0.6) is 0 Å². The Labute approximate surface area is 163 Å². The second-order valence-corrected chi connectivity index (χ2v) is 6.39. The third-order valence-corrected chi connectivity index (χ3v) is 4.81. The number of nitrogens with one attached hydrogen (secondary N) is 1. The number of nitrogens with two attached hydrogens (primary N) is 1. The van der Waals surface area contributed by atoms with Gasteiger partial charge in [0.1, 0.15) is 16.4 Å². The van der Waals surface area contributed by atoms with Crippen molar-refractivity contribution in [1.82, 2.24) is 10.4 Å². The van der Waals surface area contributed by atoms with E-state index in [1.54, 1.807) is 0 Å². The number of hydrogen-bond acceptors (Lipinski definition) is 5. The topological polar surface area (TPSA) is 93.5 Å². The number of benzene rings is 1. The summed E-state index contributed by atoms with van der Waals surface area (Å²) in [6.07, 6.45) is 2.19. The number of rotatable bonds is 4. The van der Waals surface area contributed by atoms with Crippen LogP contribution in [0.2, 0.25) is 15.2 Å². The highest BCUT2D eigenvalue weighted by Gasteiger charge is 2.19. The Morgan fingerprint density at radius 1 is 1.31 bits per heavy atom. The van der Waals surface area contributed by atoms with Crippen LogP contribution in [0.25, 0.3) is 11.0 Å². The van der Waals surface area contributed by atoms with Crippen LogP contribution in [0.4, 0.5) is 5.69 Å². The quantitative estimate of drug-likeness (QED) is 0.370. The average molecular weight is 412 g/mol. The van der Waals surface area contributed by atoms with Gasteiger partial charge in [0.2, 0.25) is 0 Å². The molecule has 0 unspecified atom stereocenters. The Balaban J connectivity index is 1.87. The summed E-state index contributed by atoms with van der Waals surface area (Å²) in [5, 5.41) is 4.66. The Kier molecular flexibility index (Phi) is 5.36. The van der Waals surface area contributed by atoms with E-state index in [1.807, 2.05) is 31.2 Å². The summed E-state index contributed by atoms with van der Waals surface area (Å²) in [5.74, 6) is 0.0986. The first-order valence-corrected chi connectivity index (χ1v) is 8.71. The van der Waals surface area contributed by atoms with Crippen LogP contribution < -0.4 is 11.2 Å². The Morgan fingerprint density at radius 3 is 2.77 bits per heavy atom. The number of amides is 1. The van der Waals surface area contributed by atoms with Crippen LogP contribution in [0.3, 0.4) is 0 Å². The number of nitrogen functional groups attached to an aromatic ring is 1. The van der Waals surface area contributed by atoms with Crippen molar-refractivity contribution < 1.29 is 9.21 Å². The molecule has 134 valence electrons. The fraction of sp³-hybridized carbons (Fsp3) is 0.118. The van der Waals surface area contributed by atoms with Gasteiger partial charge in [-0.1, -0.05) is 59.9 Å². The molecule has 0 saturated carbocycles. The highest BCUT2D eigenvalue weighted by Crippen LogP contribution is 2.34. The van der Waals surface area contributed by atoms with Gasteiger partial charge in [-0.2, -0.15) is 5.10 Å². The normalized spacial score (nSPS) is 11.4. The third kappa shape index (κ3) is 3.35. The van der Waals surface area contributed by atoms with Gasteiger partial charge in [0.05, 0.1) is 16.9 Å². The monoisotopic (exact) mass is 410 g/mol. The van der Waals surface area contributed by atoms with E-state index in [2.05, 4.69) is 15.5 Å². The zero-order valence-corrected chi connectivity index (χ0v) is 15.8. The lowest BCUT2D eigenvalue weighted by molar-refractivity contribution is 0.0950. The number of nitrogens with zero attached hydrogens (tertiary/aromatic N) is 2. The number of aryl methyl sites for hydroxylation is 1. The minimum Gasteiger partial charge on any atom is -0.460 e. The molecular weight excluding hydrogens is 399 g/mol. The number of furan rings is 1. The molecule has 1 amide bonds. The molecule has 0 aliphatic carbocycles. The summed E-state index contributed by atoms with van der Waals surface area (Å²) in [4.78, 5) is 16.1. The van der Waals surface area contributed by atoms with Gasteiger partial charge in [0, 0.05) is 17.4 Å². The minimum atomic E-state index is -0.664. The van der Waals surface area contributed by atoms with Crippen molar-refractivity contribution in [2.24, 2.45) is 5.10 Å². The van der Waals surface area contributed by atoms with Crippen molar-refractivity contribution in [3.63, 3.8) is 0 Å². The van der Waals surface area contributed by atoms with Crippen molar-refractivity contribution in [2.75, 3.05) is 5.73 Å². The third-order valence-electron chi connectivity index (χ3n) is 3.68. The number of anilines is 1. The van der Waals surface area contributed by atoms with Gasteiger partial charge in [-0.15, -0.1) is 0 Å². The summed E-state index contributed by atoms with van der Waals surface area (Å²) in [6, 6.07) is 7.57. The molecule has 0 atom stereocenters. The van der Waals surface area contributed by atoms with E-state index in [0.29, 0.717) is 6.42 Å². The van der Waals surface area contributed by atoms with Crippen molar-refractivity contribution in [3.05, 3.63) is 56.5 Å². The van der Waals surface area contributed by atoms with Gasteiger partial charge in [-0.05, 0) is 6.07 Å². The summed E-state index contributed by atoms with van der Waals surface area (Å²) in [5.41, 5.74) is 9.42. The summed E-state index contributed by atoms with van der Waals surface area (Å²) in [6.45, 7) is 1.97. The molecule has 0 saturated heterocycles. The standard InChI is InChI=1S/C17H13Cl3N4O2/c1-2-10-9(8-5-3-4-6-11(8)26-10)7-22-24-17(25)15-12(18)14(21)13(19)16(20)23-15/h3-7H,2H2,1H3,(H2,21,23)(H,24,25)/b22-7-. The number of pyridine rings is 1. The van der Waals surface area contributed by atoms with Gasteiger partial charge >= 0.3 is 0 Å². The maximum atomic E-state index is 12.3. The lowest BCUT2D eigenvalue weighted by atomic mass is 10.1. The molecule has 0 fully saturated rings. The summed E-state index contributed by atoms with van der Waals surface area (Å²) < 4.78 is 5.77. The predicted octanol–water partition coefficient (Wildman–Crippen LogP) is 4.70.